The number of hydrogen-bond acceptors (Lipinski definition) is 5. The molecule has 24 heavy (non-hydrogen) atoms. The van der Waals surface area contributed by atoms with Gasteiger partial charge in [0.2, 0.25) is 0 Å². The lowest BCUT2D eigenvalue weighted by Gasteiger charge is -2.08. The number of esters is 1. The average Bonchev–Trinajstić information content (AvgIpc) is 3.38. The number of halogens is 1. The average molecular weight is 330 g/mol. The molecule has 2 aromatic carbocycles. The molecule has 0 amide bonds. The molecule has 0 bridgehead atoms. The number of nitro benzene ring substituents is 1. The van der Waals surface area contributed by atoms with Gasteiger partial charge in [0.05, 0.1) is 10.5 Å². The molecule has 1 saturated carbocycles. The lowest BCUT2D eigenvalue weighted by atomic mass is 10.1. The molecule has 3 rings (SSSR count). The van der Waals surface area contributed by atoms with Crippen LogP contribution in [0.3, 0.4) is 0 Å². The Morgan fingerprint density at radius 2 is 2.04 bits per heavy atom. The summed E-state index contributed by atoms with van der Waals surface area (Å²) in [6, 6.07) is 10.3. The van der Waals surface area contributed by atoms with E-state index in [0.717, 1.165) is 12.8 Å². The minimum absolute atomic E-state index is 0.0550. The second-order valence-corrected chi connectivity index (χ2v) is 5.58. The molecule has 1 aliphatic carbocycles. The topological polar surface area (TPSA) is 81.5 Å². The normalized spacial score (nSPS) is 13.4. The molecule has 0 unspecified atom stereocenters. The lowest BCUT2D eigenvalue weighted by Crippen LogP contribution is -2.09. The number of anilines is 1. The van der Waals surface area contributed by atoms with E-state index >= 15 is 0 Å². The highest BCUT2D eigenvalue weighted by Crippen LogP contribution is 2.31. The van der Waals surface area contributed by atoms with Crippen molar-refractivity contribution >= 4 is 17.3 Å². The van der Waals surface area contributed by atoms with E-state index in [1.165, 1.54) is 36.4 Å². The number of hydrogen-bond donors (Lipinski definition) is 1. The smallest absolute Gasteiger partial charge is 0.338 e. The third-order valence-corrected chi connectivity index (χ3v) is 3.68. The minimum atomic E-state index is -0.737. The Morgan fingerprint density at radius 3 is 2.71 bits per heavy atom. The van der Waals surface area contributed by atoms with E-state index in [2.05, 4.69) is 5.32 Å². The summed E-state index contributed by atoms with van der Waals surface area (Å²) in [4.78, 5) is 22.7. The molecule has 0 saturated heterocycles. The molecule has 7 heteroatoms. The van der Waals surface area contributed by atoms with Gasteiger partial charge in [-0.2, -0.15) is 0 Å². The van der Waals surface area contributed by atoms with E-state index < -0.39 is 16.7 Å². The van der Waals surface area contributed by atoms with Crippen LogP contribution in [0, 0.1) is 15.9 Å². The van der Waals surface area contributed by atoms with Crippen LogP contribution in [-0.4, -0.2) is 16.9 Å². The van der Waals surface area contributed by atoms with Crippen molar-refractivity contribution in [3.63, 3.8) is 0 Å². The fourth-order valence-corrected chi connectivity index (χ4v) is 2.22. The van der Waals surface area contributed by atoms with Gasteiger partial charge >= 0.3 is 5.97 Å². The summed E-state index contributed by atoms with van der Waals surface area (Å²) >= 11 is 0. The van der Waals surface area contributed by atoms with Crippen molar-refractivity contribution < 1.29 is 18.8 Å². The van der Waals surface area contributed by atoms with Crippen molar-refractivity contribution in [2.45, 2.75) is 25.5 Å². The molecule has 1 aliphatic rings. The van der Waals surface area contributed by atoms with Gasteiger partial charge in [-0.3, -0.25) is 10.1 Å². The number of nitrogens with zero attached hydrogens (tertiary/aromatic N) is 1. The summed E-state index contributed by atoms with van der Waals surface area (Å²) < 4.78 is 18.5. The highest BCUT2D eigenvalue weighted by atomic mass is 19.1. The molecule has 0 heterocycles. The zero-order valence-electron chi connectivity index (χ0n) is 12.7. The molecular formula is C17H15FN2O4. The first-order valence-electron chi connectivity index (χ1n) is 7.50. The van der Waals surface area contributed by atoms with Crippen molar-refractivity contribution in [1.82, 2.24) is 0 Å². The van der Waals surface area contributed by atoms with Crippen LogP contribution >= 0.6 is 0 Å². The maximum atomic E-state index is 13.5. The molecule has 124 valence electrons. The van der Waals surface area contributed by atoms with Crippen LogP contribution < -0.4 is 5.32 Å². The number of nitrogens with one attached hydrogen (secondary N) is 1. The Balaban J connectivity index is 1.73. The predicted molar refractivity (Wildman–Crippen MR) is 85.3 cm³/mol. The summed E-state index contributed by atoms with van der Waals surface area (Å²) in [5.74, 6) is -1.21. The second kappa shape index (κ2) is 6.66. The Labute approximate surface area is 137 Å². The van der Waals surface area contributed by atoms with Gasteiger partial charge in [-0.1, -0.05) is 18.2 Å². The highest BCUT2D eigenvalue weighted by molar-refractivity contribution is 5.91. The molecule has 0 aliphatic heterocycles. The lowest BCUT2D eigenvalue weighted by molar-refractivity contribution is -0.384. The van der Waals surface area contributed by atoms with Crippen molar-refractivity contribution in [2.24, 2.45) is 0 Å². The maximum Gasteiger partial charge on any atom is 0.338 e. The minimum Gasteiger partial charge on any atom is -0.457 e. The summed E-state index contributed by atoms with van der Waals surface area (Å²) in [5.41, 5.74) is 0.502. The summed E-state index contributed by atoms with van der Waals surface area (Å²) in [6.45, 7) is -0.235. The first-order valence-corrected chi connectivity index (χ1v) is 7.50. The summed E-state index contributed by atoms with van der Waals surface area (Å²) in [7, 11) is 0. The van der Waals surface area contributed by atoms with Crippen molar-refractivity contribution in [3.8, 4) is 0 Å². The fourth-order valence-electron chi connectivity index (χ4n) is 2.22. The number of carbonyl (C=O) groups is 1. The van der Waals surface area contributed by atoms with E-state index in [1.807, 2.05) is 0 Å². The van der Waals surface area contributed by atoms with E-state index in [0.29, 0.717) is 5.69 Å². The van der Waals surface area contributed by atoms with Gasteiger partial charge in [0.15, 0.2) is 0 Å². The predicted octanol–water partition coefficient (Wildman–Crippen LogP) is 3.67. The van der Waals surface area contributed by atoms with E-state index in [-0.39, 0.29) is 29.5 Å². The first-order chi connectivity index (χ1) is 11.5. The zero-order chi connectivity index (χ0) is 17.1. The van der Waals surface area contributed by atoms with Gasteiger partial charge in [-0.05, 0) is 31.0 Å². The molecule has 6 nitrogen and oxygen atoms in total. The Bertz CT molecular complexity index is 790. The van der Waals surface area contributed by atoms with E-state index in [9.17, 15) is 19.3 Å². The molecule has 0 atom stereocenters. The SMILES string of the molecule is O=C(OCc1ccccc1F)c1ccc(NC2CC2)c([N+](=O)[O-])c1. The van der Waals surface area contributed by atoms with E-state index in [1.54, 1.807) is 6.07 Å². The Hall–Kier alpha value is -2.96. The third-order valence-electron chi connectivity index (χ3n) is 3.68. The number of nitro groups is 1. The largest absolute Gasteiger partial charge is 0.457 e. The number of ether oxygens (including phenoxy) is 1. The number of carbonyl (C=O) groups excluding carboxylic acids is 1. The van der Waals surface area contributed by atoms with Gasteiger partial charge in [0, 0.05) is 17.7 Å². The summed E-state index contributed by atoms with van der Waals surface area (Å²) in [6.07, 6.45) is 1.95. The maximum absolute atomic E-state index is 13.5. The molecule has 1 fully saturated rings. The molecular weight excluding hydrogens is 315 g/mol. The monoisotopic (exact) mass is 330 g/mol. The van der Waals surface area contributed by atoms with Gasteiger partial charge in [-0.15, -0.1) is 0 Å². The van der Waals surface area contributed by atoms with Crippen LogP contribution in [0.1, 0.15) is 28.8 Å². The van der Waals surface area contributed by atoms with Gasteiger partial charge in [0.1, 0.15) is 18.1 Å². The summed E-state index contributed by atoms with van der Waals surface area (Å²) in [5, 5.41) is 14.2. The molecule has 0 spiro atoms. The van der Waals surface area contributed by atoms with E-state index in [4.69, 9.17) is 4.74 Å². The Morgan fingerprint density at radius 1 is 1.29 bits per heavy atom. The standard InChI is InChI=1S/C17H15FN2O4/c18-14-4-2-1-3-12(14)10-24-17(21)11-5-8-15(19-13-6-7-13)16(9-11)20(22)23/h1-5,8-9,13,19H,6-7,10H2. The van der Waals surface area contributed by atoms with Crippen LogP contribution in [0.2, 0.25) is 0 Å². The van der Waals surface area contributed by atoms with Crippen molar-refractivity contribution in [2.75, 3.05) is 5.32 Å². The van der Waals surface area contributed by atoms with Crippen LogP contribution in [0.4, 0.5) is 15.8 Å². The van der Waals surface area contributed by atoms with Crippen LogP contribution in [0.25, 0.3) is 0 Å². The molecule has 0 aromatic heterocycles. The van der Waals surface area contributed by atoms with Crippen LogP contribution in [0.15, 0.2) is 42.5 Å². The third kappa shape index (κ3) is 3.68. The van der Waals surface area contributed by atoms with Crippen molar-refractivity contribution in [1.29, 1.82) is 0 Å². The highest BCUT2D eigenvalue weighted by Gasteiger charge is 2.25. The van der Waals surface area contributed by atoms with Crippen LogP contribution in [-0.2, 0) is 11.3 Å². The first kappa shape index (κ1) is 15.9. The van der Waals surface area contributed by atoms with Gasteiger partial charge in [0.25, 0.3) is 5.69 Å². The number of benzene rings is 2. The molecule has 1 N–H and O–H groups in total. The number of rotatable bonds is 6. The second-order valence-electron chi connectivity index (χ2n) is 5.58. The Kier molecular flexibility index (Phi) is 4.41. The molecule has 2 aromatic rings. The fraction of sp³-hybridized carbons (Fsp3) is 0.235. The van der Waals surface area contributed by atoms with Gasteiger partial charge < -0.3 is 10.1 Å². The van der Waals surface area contributed by atoms with Crippen molar-refractivity contribution in [3.05, 3.63) is 69.5 Å². The van der Waals surface area contributed by atoms with Gasteiger partial charge in [-0.25, -0.2) is 9.18 Å². The van der Waals surface area contributed by atoms with Crippen LogP contribution in [0.5, 0.6) is 0 Å². The quantitative estimate of drug-likeness (QED) is 0.496. The zero-order valence-corrected chi connectivity index (χ0v) is 12.7. The molecule has 0 radical (unpaired) electrons.